The number of hydrogen-bond acceptors (Lipinski definition) is 4. The number of rotatable bonds is 1. The Morgan fingerprint density at radius 1 is 1.26 bits per heavy atom. The van der Waals surface area contributed by atoms with E-state index in [0.717, 1.165) is 12.0 Å². The van der Waals surface area contributed by atoms with Crippen LogP contribution >= 0.6 is 11.6 Å². The van der Waals surface area contributed by atoms with E-state index in [9.17, 15) is 4.79 Å². The highest BCUT2D eigenvalue weighted by atomic mass is 35.5. The maximum absolute atomic E-state index is 12.4. The number of anilines is 1. The van der Waals surface area contributed by atoms with Crippen LogP contribution in [0.3, 0.4) is 0 Å². The molecule has 0 saturated carbocycles. The molecular formula is C20H17ClN4O2. The molecule has 6 nitrogen and oxygen atoms in total. The number of carbonyl (C=O) groups excluding carboxylic acids is 1. The topological polar surface area (TPSA) is 66.8 Å². The van der Waals surface area contributed by atoms with Gasteiger partial charge >= 0.3 is 6.03 Å². The Hall–Kier alpha value is -3.04. The molecular weight excluding hydrogens is 364 g/mol. The summed E-state index contributed by atoms with van der Waals surface area (Å²) in [4.78, 5) is 23.8. The number of carbonyl (C=O) groups is 1. The SMILES string of the molecule is O=C(Nc1ccncc1)N1CCC2(CC(C#Cc3cccc(Cl)c3)=NO2)C1. The lowest BCUT2D eigenvalue weighted by Gasteiger charge is -2.21. The molecule has 3 heterocycles. The molecule has 4 rings (SSSR count). The predicted octanol–water partition coefficient (Wildman–Crippen LogP) is 3.54. The minimum absolute atomic E-state index is 0.153. The van der Waals surface area contributed by atoms with Crippen LogP contribution in [0.1, 0.15) is 18.4 Å². The number of benzene rings is 1. The number of oxime groups is 1. The van der Waals surface area contributed by atoms with E-state index in [1.165, 1.54) is 0 Å². The lowest BCUT2D eigenvalue weighted by atomic mass is 9.96. The Balaban J connectivity index is 1.36. The third kappa shape index (κ3) is 4.04. The van der Waals surface area contributed by atoms with Crippen molar-refractivity contribution in [3.05, 3.63) is 59.4 Å². The summed E-state index contributed by atoms with van der Waals surface area (Å²) in [6.45, 7) is 1.09. The van der Waals surface area contributed by atoms with Crippen molar-refractivity contribution in [2.24, 2.45) is 5.16 Å². The van der Waals surface area contributed by atoms with Gasteiger partial charge in [0.1, 0.15) is 5.71 Å². The van der Waals surface area contributed by atoms with Crippen molar-refractivity contribution in [1.29, 1.82) is 0 Å². The van der Waals surface area contributed by atoms with E-state index in [-0.39, 0.29) is 6.03 Å². The van der Waals surface area contributed by atoms with Gasteiger partial charge in [0.2, 0.25) is 0 Å². The molecule has 2 aliphatic heterocycles. The van der Waals surface area contributed by atoms with Gasteiger partial charge in [-0.1, -0.05) is 28.7 Å². The van der Waals surface area contributed by atoms with Gasteiger partial charge < -0.3 is 15.1 Å². The van der Waals surface area contributed by atoms with E-state index in [1.807, 2.05) is 18.2 Å². The highest BCUT2D eigenvalue weighted by Crippen LogP contribution is 2.34. The molecule has 1 aromatic heterocycles. The summed E-state index contributed by atoms with van der Waals surface area (Å²) in [7, 11) is 0. The molecule has 7 heteroatoms. The zero-order chi connectivity index (χ0) is 18.7. The van der Waals surface area contributed by atoms with Crippen LogP contribution in [0.2, 0.25) is 5.02 Å². The number of pyridine rings is 1. The van der Waals surface area contributed by atoms with Crippen LogP contribution in [0.4, 0.5) is 10.5 Å². The zero-order valence-corrected chi connectivity index (χ0v) is 15.2. The highest BCUT2D eigenvalue weighted by Gasteiger charge is 2.46. The van der Waals surface area contributed by atoms with Crippen LogP contribution in [0.15, 0.2) is 53.9 Å². The van der Waals surface area contributed by atoms with Gasteiger partial charge in [0.25, 0.3) is 0 Å². The first kappa shape index (κ1) is 17.4. The van der Waals surface area contributed by atoms with Gasteiger partial charge in [0.15, 0.2) is 5.60 Å². The van der Waals surface area contributed by atoms with Crippen molar-refractivity contribution in [2.45, 2.75) is 18.4 Å². The largest absolute Gasteiger partial charge is 0.386 e. The zero-order valence-electron chi connectivity index (χ0n) is 14.5. The van der Waals surface area contributed by atoms with Crippen LogP contribution in [-0.4, -0.2) is 40.3 Å². The molecule has 136 valence electrons. The Labute approximate surface area is 162 Å². The van der Waals surface area contributed by atoms with E-state index in [1.54, 1.807) is 35.5 Å². The number of likely N-dealkylation sites (tertiary alicyclic amines) is 1. The Morgan fingerprint density at radius 2 is 2.11 bits per heavy atom. The van der Waals surface area contributed by atoms with Crippen molar-refractivity contribution < 1.29 is 9.63 Å². The minimum Gasteiger partial charge on any atom is -0.386 e. The maximum atomic E-state index is 12.4. The molecule has 1 N–H and O–H groups in total. The number of nitrogens with zero attached hydrogens (tertiary/aromatic N) is 3. The number of urea groups is 1. The van der Waals surface area contributed by atoms with E-state index in [4.69, 9.17) is 16.4 Å². The standard InChI is InChI=1S/C20H17ClN4O2/c21-16-3-1-2-15(12-16)4-5-18-13-20(27-24-18)8-11-25(14-20)19(26)23-17-6-9-22-10-7-17/h1-3,6-7,9-10,12H,8,11,13-14H2,(H,22,23,26). The highest BCUT2D eigenvalue weighted by molar-refractivity contribution is 6.30. The van der Waals surface area contributed by atoms with Crippen LogP contribution in [0.5, 0.6) is 0 Å². The summed E-state index contributed by atoms with van der Waals surface area (Å²) < 4.78 is 0. The van der Waals surface area contributed by atoms with Gasteiger partial charge in [0, 0.05) is 48.1 Å². The minimum atomic E-state index is -0.478. The summed E-state index contributed by atoms with van der Waals surface area (Å²) in [6, 6.07) is 10.7. The molecule has 0 bridgehead atoms. The van der Waals surface area contributed by atoms with Crippen LogP contribution < -0.4 is 5.32 Å². The number of amides is 2. The molecule has 1 saturated heterocycles. The van der Waals surface area contributed by atoms with E-state index >= 15 is 0 Å². The molecule has 27 heavy (non-hydrogen) atoms. The Bertz CT molecular complexity index is 951. The predicted molar refractivity (Wildman–Crippen MR) is 104 cm³/mol. The molecule has 0 aliphatic carbocycles. The molecule has 1 fully saturated rings. The number of aromatic nitrogens is 1. The smallest absolute Gasteiger partial charge is 0.321 e. The van der Waals surface area contributed by atoms with Gasteiger partial charge in [-0.15, -0.1) is 0 Å². The van der Waals surface area contributed by atoms with Crippen molar-refractivity contribution in [3.8, 4) is 11.8 Å². The number of hydrogen-bond donors (Lipinski definition) is 1. The molecule has 1 unspecified atom stereocenters. The van der Waals surface area contributed by atoms with Crippen LogP contribution in [0.25, 0.3) is 0 Å². The Kier molecular flexibility index (Phi) is 4.69. The average Bonchev–Trinajstić information content (AvgIpc) is 3.28. The summed E-state index contributed by atoms with van der Waals surface area (Å²) in [5.41, 5.74) is 1.75. The summed E-state index contributed by atoms with van der Waals surface area (Å²) in [5.74, 6) is 6.11. The number of halogens is 1. The fourth-order valence-electron chi connectivity index (χ4n) is 3.17. The van der Waals surface area contributed by atoms with Crippen molar-refractivity contribution >= 4 is 29.0 Å². The third-order valence-corrected chi connectivity index (χ3v) is 4.79. The average molecular weight is 381 g/mol. The first-order valence-electron chi connectivity index (χ1n) is 8.61. The van der Waals surface area contributed by atoms with E-state index < -0.39 is 5.60 Å². The third-order valence-electron chi connectivity index (χ3n) is 4.55. The fraction of sp³-hybridized carbons (Fsp3) is 0.250. The van der Waals surface area contributed by atoms with Crippen molar-refractivity contribution in [1.82, 2.24) is 9.88 Å². The molecule has 2 amide bonds. The fourth-order valence-corrected chi connectivity index (χ4v) is 3.36. The van der Waals surface area contributed by atoms with Crippen LogP contribution in [0, 0.1) is 11.8 Å². The second kappa shape index (κ2) is 7.29. The Morgan fingerprint density at radius 3 is 2.93 bits per heavy atom. The van der Waals surface area contributed by atoms with Gasteiger partial charge in [-0.05, 0) is 36.3 Å². The van der Waals surface area contributed by atoms with E-state index in [0.29, 0.717) is 35.9 Å². The molecule has 1 atom stereocenters. The van der Waals surface area contributed by atoms with Gasteiger partial charge in [-0.25, -0.2) is 4.79 Å². The second-order valence-electron chi connectivity index (χ2n) is 6.59. The van der Waals surface area contributed by atoms with Crippen molar-refractivity contribution in [2.75, 3.05) is 18.4 Å². The first-order chi connectivity index (χ1) is 13.1. The normalized spacial score (nSPS) is 20.6. The summed E-state index contributed by atoms with van der Waals surface area (Å²) in [6.07, 6.45) is 4.60. The van der Waals surface area contributed by atoms with Crippen LogP contribution in [-0.2, 0) is 4.84 Å². The summed E-state index contributed by atoms with van der Waals surface area (Å²) in [5, 5.41) is 7.64. The monoisotopic (exact) mass is 380 g/mol. The maximum Gasteiger partial charge on any atom is 0.321 e. The molecule has 0 radical (unpaired) electrons. The molecule has 1 spiro atoms. The molecule has 1 aromatic carbocycles. The second-order valence-corrected chi connectivity index (χ2v) is 7.02. The van der Waals surface area contributed by atoms with Gasteiger partial charge in [-0.2, -0.15) is 0 Å². The molecule has 2 aromatic rings. The summed E-state index contributed by atoms with van der Waals surface area (Å²) >= 11 is 5.97. The van der Waals surface area contributed by atoms with Gasteiger partial charge in [-0.3, -0.25) is 4.98 Å². The first-order valence-corrected chi connectivity index (χ1v) is 8.98. The van der Waals surface area contributed by atoms with Crippen molar-refractivity contribution in [3.63, 3.8) is 0 Å². The van der Waals surface area contributed by atoms with E-state index in [2.05, 4.69) is 27.3 Å². The lowest BCUT2D eigenvalue weighted by molar-refractivity contribution is -0.00732. The van der Waals surface area contributed by atoms with Gasteiger partial charge in [0.05, 0.1) is 6.54 Å². The number of nitrogens with one attached hydrogen (secondary N) is 1. The molecule has 2 aliphatic rings. The quantitative estimate of drug-likeness (QED) is 0.769. The lowest BCUT2D eigenvalue weighted by Crippen LogP contribution is -2.38.